The maximum Gasteiger partial charge on any atom is 0.179 e. The quantitative estimate of drug-likeness (QED) is 0.938. The molecule has 0 unspecified atom stereocenters. The molecule has 2 N–H and O–H groups in total. The fraction of sp³-hybridized carbons (Fsp3) is 0.429. The molecule has 0 bridgehead atoms. The van der Waals surface area contributed by atoms with Crippen LogP contribution in [0, 0.1) is 0 Å². The number of fused-ring (bicyclic) bond motifs is 1. The molecule has 3 rings (SSSR count). The maximum absolute atomic E-state index is 6.22. The second kappa shape index (κ2) is 5.20. The van der Waals surface area contributed by atoms with Crippen molar-refractivity contribution in [1.29, 1.82) is 0 Å². The Labute approximate surface area is 127 Å². The predicted molar refractivity (Wildman–Crippen MR) is 78.8 cm³/mol. The second-order valence-electron chi connectivity index (χ2n) is 5.62. The molecule has 0 saturated carbocycles. The van der Waals surface area contributed by atoms with Crippen molar-refractivity contribution in [2.24, 2.45) is 5.73 Å². The van der Waals surface area contributed by atoms with E-state index in [0.29, 0.717) is 36.3 Å². The lowest BCUT2D eigenvalue weighted by atomic mass is 10.0. The highest BCUT2D eigenvalue weighted by molar-refractivity contribution is 6.32. The van der Waals surface area contributed by atoms with Crippen molar-refractivity contribution in [1.82, 2.24) is 15.0 Å². The van der Waals surface area contributed by atoms with Crippen LogP contribution in [0.1, 0.15) is 25.1 Å². The molecular formula is C14H17ClN4O2. The van der Waals surface area contributed by atoms with E-state index in [4.69, 9.17) is 26.8 Å². The van der Waals surface area contributed by atoms with E-state index in [1.54, 1.807) is 4.68 Å². The van der Waals surface area contributed by atoms with Crippen molar-refractivity contribution in [3.8, 4) is 11.5 Å². The highest BCUT2D eigenvalue weighted by atomic mass is 35.5. The molecule has 0 aliphatic carbocycles. The first-order valence-electron chi connectivity index (χ1n) is 6.71. The molecule has 0 atom stereocenters. The standard InChI is InChI=1S/C14H17ClN4O2/c1-14(2,16)12-8-19(18-17-12)7-9-5-10(15)13-11(6-9)20-3-4-21-13/h5-6,8H,3-4,7,16H2,1-2H3. The lowest BCUT2D eigenvalue weighted by molar-refractivity contribution is 0.171. The molecule has 7 heteroatoms. The van der Waals surface area contributed by atoms with Gasteiger partial charge in [0.1, 0.15) is 18.9 Å². The van der Waals surface area contributed by atoms with Gasteiger partial charge in [-0.15, -0.1) is 5.10 Å². The van der Waals surface area contributed by atoms with Gasteiger partial charge in [0.05, 0.1) is 23.3 Å². The van der Waals surface area contributed by atoms with Crippen LogP contribution >= 0.6 is 11.6 Å². The smallest absolute Gasteiger partial charge is 0.179 e. The number of halogens is 1. The van der Waals surface area contributed by atoms with Gasteiger partial charge in [-0.2, -0.15) is 0 Å². The Morgan fingerprint density at radius 2 is 2.10 bits per heavy atom. The van der Waals surface area contributed by atoms with E-state index in [9.17, 15) is 0 Å². The number of nitrogens with zero attached hydrogens (tertiary/aromatic N) is 3. The SMILES string of the molecule is CC(C)(N)c1cn(Cc2cc(Cl)c3c(c2)OCCO3)nn1. The molecule has 1 aliphatic rings. The molecule has 2 heterocycles. The van der Waals surface area contributed by atoms with Gasteiger partial charge in [0.15, 0.2) is 11.5 Å². The summed E-state index contributed by atoms with van der Waals surface area (Å²) in [7, 11) is 0. The first-order chi connectivity index (χ1) is 9.93. The monoisotopic (exact) mass is 308 g/mol. The third-order valence-corrected chi connectivity index (χ3v) is 3.48. The van der Waals surface area contributed by atoms with E-state index in [-0.39, 0.29) is 0 Å². The van der Waals surface area contributed by atoms with Crippen molar-refractivity contribution >= 4 is 11.6 Å². The van der Waals surface area contributed by atoms with Crippen LogP contribution in [-0.2, 0) is 12.1 Å². The number of nitrogens with two attached hydrogens (primary N) is 1. The largest absolute Gasteiger partial charge is 0.486 e. The Morgan fingerprint density at radius 3 is 2.81 bits per heavy atom. The van der Waals surface area contributed by atoms with Gasteiger partial charge in [0, 0.05) is 0 Å². The predicted octanol–water partition coefficient (Wildman–Crippen LogP) is 1.94. The Morgan fingerprint density at radius 1 is 1.33 bits per heavy atom. The Kier molecular flexibility index (Phi) is 3.51. The number of aromatic nitrogens is 3. The third kappa shape index (κ3) is 2.96. The molecule has 0 fully saturated rings. The van der Waals surface area contributed by atoms with Gasteiger partial charge in [-0.05, 0) is 31.5 Å². The fourth-order valence-electron chi connectivity index (χ4n) is 2.11. The summed E-state index contributed by atoms with van der Waals surface area (Å²) in [4.78, 5) is 0. The van der Waals surface area contributed by atoms with Crippen molar-refractivity contribution in [2.45, 2.75) is 25.9 Å². The van der Waals surface area contributed by atoms with E-state index in [1.807, 2.05) is 32.2 Å². The number of rotatable bonds is 3. The minimum Gasteiger partial charge on any atom is -0.486 e. The van der Waals surface area contributed by atoms with Crippen LogP contribution < -0.4 is 15.2 Å². The minimum absolute atomic E-state index is 0.511. The van der Waals surface area contributed by atoms with Gasteiger partial charge in [0.25, 0.3) is 0 Å². The zero-order chi connectivity index (χ0) is 15.0. The van der Waals surface area contributed by atoms with Crippen LogP contribution in [0.25, 0.3) is 0 Å². The summed E-state index contributed by atoms with van der Waals surface area (Å²) in [5.74, 6) is 1.28. The normalized spacial score (nSPS) is 14.3. The van der Waals surface area contributed by atoms with Crippen LogP contribution in [-0.4, -0.2) is 28.2 Å². The molecule has 0 radical (unpaired) electrons. The lowest BCUT2D eigenvalue weighted by Gasteiger charge is -2.20. The summed E-state index contributed by atoms with van der Waals surface area (Å²) in [5.41, 5.74) is 7.20. The topological polar surface area (TPSA) is 75.2 Å². The fourth-order valence-corrected chi connectivity index (χ4v) is 2.40. The summed E-state index contributed by atoms with van der Waals surface area (Å²) in [6.45, 7) is 5.37. The van der Waals surface area contributed by atoms with Crippen LogP contribution in [0.4, 0.5) is 0 Å². The van der Waals surface area contributed by atoms with E-state index in [0.717, 1.165) is 11.3 Å². The molecule has 1 aliphatic heterocycles. The van der Waals surface area contributed by atoms with Crippen molar-refractivity contribution in [2.75, 3.05) is 13.2 Å². The molecule has 1 aromatic carbocycles. The van der Waals surface area contributed by atoms with E-state index >= 15 is 0 Å². The lowest BCUT2D eigenvalue weighted by Crippen LogP contribution is -2.29. The summed E-state index contributed by atoms with van der Waals surface area (Å²) in [5, 5.41) is 8.73. The molecule has 2 aromatic rings. The zero-order valence-electron chi connectivity index (χ0n) is 12.0. The van der Waals surface area contributed by atoms with Gasteiger partial charge in [-0.3, -0.25) is 0 Å². The summed E-state index contributed by atoms with van der Waals surface area (Å²) < 4.78 is 12.8. The van der Waals surface area contributed by atoms with Crippen molar-refractivity contribution < 1.29 is 9.47 Å². The van der Waals surface area contributed by atoms with E-state index in [2.05, 4.69) is 10.3 Å². The highest BCUT2D eigenvalue weighted by Crippen LogP contribution is 2.38. The number of hydrogen-bond donors (Lipinski definition) is 1. The highest BCUT2D eigenvalue weighted by Gasteiger charge is 2.19. The molecule has 1 aromatic heterocycles. The van der Waals surface area contributed by atoms with Crippen LogP contribution in [0.15, 0.2) is 18.3 Å². The van der Waals surface area contributed by atoms with E-state index < -0.39 is 5.54 Å². The number of benzene rings is 1. The van der Waals surface area contributed by atoms with Gasteiger partial charge in [0.2, 0.25) is 0 Å². The van der Waals surface area contributed by atoms with Gasteiger partial charge in [-0.25, -0.2) is 4.68 Å². The molecule has 0 saturated heterocycles. The minimum atomic E-state index is -0.511. The average molecular weight is 309 g/mol. The molecule has 21 heavy (non-hydrogen) atoms. The molecule has 0 spiro atoms. The van der Waals surface area contributed by atoms with Crippen LogP contribution in [0.3, 0.4) is 0 Å². The molecule has 112 valence electrons. The zero-order valence-corrected chi connectivity index (χ0v) is 12.7. The number of ether oxygens (including phenoxy) is 2. The maximum atomic E-state index is 6.22. The van der Waals surface area contributed by atoms with Crippen molar-refractivity contribution in [3.05, 3.63) is 34.6 Å². The van der Waals surface area contributed by atoms with E-state index in [1.165, 1.54) is 0 Å². The second-order valence-corrected chi connectivity index (χ2v) is 6.03. The first-order valence-corrected chi connectivity index (χ1v) is 7.09. The summed E-state index contributed by atoms with van der Waals surface area (Å²) in [6, 6.07) is 3.76. The summed E-state index contributed by atoms with van der Waals surface area (Å²) >= 11 is 6.22. The third-order valence-electron chi connectivity index (χ3n) is 3.20. The Balaban J connectivity index is 1.85. The molecular weight excluding hydrogens is 292 g/mol. The van der Waals surface area contributed by atoms with Crippen LogP contribution in [0.2, 0.25) is 5.02 Å². The van der Waals surface area contributed by atoms with Gasteiger partial charge in [-0.1, -0.05) is 16.8 Å². The van der Waals surface area contributed by atoms with Gasteiger partial charge < -0.3 is 15.2 Å². The van der Waals surface area contributed by atoms with Crippen molar-refractivity contribution in [3.63, 3.8) is 0 Å². The summed E-state index contributed by atoms with van der Waals surface area (Å²) in [6.07, 6.45) is 1.84. The molecule has 6 nitrogen and oxygen atoms in total. The first kappa shape index (κ1) is 14.2. The number of hydrogen-bond acceptors (Lipinski definition) is 5. The molecule has 0 amide bonds. The Bertz CT molecular complexity index is 663. The average Bonchev–Trinajstić information content (AvgIpc) is 2.87. The Hall–Kier alpha value is -1.79. The van der Waals surface area contributed by atoms with Gasteiger partial charge >= 0.3 is 0 Å². The van der Waals surface area contributed by atoms with Crippen LogP contribution in [0.5, 0.6) is 11.5 Å².